The van der Waals surface area contributed by atoms with Crippen LogP contribution < -0.4 is 25.1 Å². The maximum Gasteiger partial charge on any atom is 0.239 e. The number of amides is 1. The van der Waals surface area contributed by atoms with Crippen molar-refractivity contribution in [1.82, 2.24) is 14.8 Å². The van der Waals surface area contributed by atoms with Crippen LogP contribution in [0.3, 0.4) is 0 Å². The Labute approximate surface area is 212 Å². The van der Waals surface area contributed by atoms with E-state index in [0.717, 1.165) is 44.0 Å². The Hall–Kier alpha value is -3.78. The average Bonchev–Trinajstić information content (AvgIpc) is 2.91. The molecule has 1 saturated heterocycles. The highest BCUT2D eigenvalue weighted by molar-refractivity contribution is 5.75. The lowest BCUT2D eigenvalue weighted by atomic mass is 10.1. The van der Waals surface area contributed by atoms with Crippen molar-refractivity contribution in [2.24, 2.45) is 0 Å². The quantitative estimate of drug-likeness (QED) is 0.471. The van der Waals surface area contributed by atoms with Crippen LogP contribution >= 0.6 is 0 Å². The van der Waals surface area contributed by atoms with Crippen LogP contribution in [0.25, 0.3) is 0 Å². The molecule has 4 rings (SSSR count). The van der Waals surface area contributed by atoms with Gasteiger partial charge in [-0.25, -0.2) is 0 Å². The summed E-state index contributed by atoms with van der Waals surface area (Å²) in [6.45, 7) is 4.76. The molecule has 0 radical (unpaired) electrons. The summed E-state index contributed by atoms with van der Waals surface area (Å²) in [4.78, 5) is 29.8. The number of benzene rings is 2. The minimum absolute atomic E-state index is 0.0952. The molecule has 2 heterocycles. The molecule has 190 valence electrons. The normalized spacial score (nSPS) is 13.9. The second-order valence-electron chi connectivity index (χ2n) is 8.87. The highest BCUT2D eigenvalue weighted by atomic mass is 16.5. The zero-order valence-corrected chi connectivity index (χ0v) is 21.0. The number of nitrogens with zero attached hydrogens (tertiary/aromatic N) is 3. The molecule has 8 nitrogen and oxygen atoms in total. The Balaban J connectivity index is 1.36. The molecule has 1 aliphatic heterocycles. The van der Waals surface area contributed by atoms with Crippen LogP contribution in [0.15, 0.2) is 71.7 Å². The molecular weight excluding hydrogens is 456 g/mol. The van der Waals surface area contributed by atoms with Gasteiger partial charge in [-0.15, -0.1) is 0 Å². The maximum atomic E-state index is 12.7. The number of piperazine rings is 1. The van der Waals surface area contributed by atoms with Crippen LogP contribution in [-0.4, -0.2) is 62.3 Å². The molecule has 36 heavy (non-hydrogen) atoms. The van der Waals surface area contributed by atoms with E-state index in [1.165, 1.54) is 18.4 Å². The zero-order valence-electron chi connectivity index (χ0n) is 21.0. The molecule has 0 atom stereocenters. The monoisotopic (exact) mass is 490 g/mol. The summed E-state index contributed by atoms with van der Waals surface area (Å²) in [6.07, 6.45) is 2.41. The van der Waals surface area contributed by atoms with E-state index in [-0.39, 0.29) is 23.6 Å². The minimum Gasteiger partial charge on any atom is -0.497 e. The number of aromatic nitrogens is 1. The van der Waals surface area contributed by atoms with Gasteiger partial charge in [0.05, 0.1) is 20.4 Å². The van der Waals surface area contributed by atoms with Gasteiger partial charge in [0.1, 0.15) is 12.3 Å². The standard InChI is InChI=1S/C28H34N4O4/c1-35-25-10-8-23(9-11-25)31-16-14-30(15-17-31)19-24-18-26(33)27(36-2)20-32(24)21-28(34)29-13-12-22-6-4-3-5-7-22/h3-11,18,20H,12-17,19,21H2,1-2H3,(H,29,34). The zero-order chi connectivity index (χ0) is 25.3. The van der Waals surface area contributed by atoms with Crippen molar-refractivity contribution in [3.8, 4) is 11.5 Å². The lowest BCUT2D eigenvalue weighted by Gasteiger charge is -2.36. The van der Waals surface area contributed by atoms with Crippen molar-refractivity contribution in [3.63, 3.8) is 0 Å². The Morgan fingerprint density at radius 1 is 0.944 bits per heavy atom. The van der Waals surface area contributed by atoms with Crippen molar-refractivity contribution in [2.75, 3.05) is 51.8 Å². The first kappa shape index (κ1) is 25.3. The SMILES string of the molecule is COc1ccc(N2CCN(Cc3cc(=O)c(OC)cn3CC(=O)NCCc3ccccc3)CC2)cc1. The fraction of sp³-hybridized carbons (Fsp3) is 0.357. The fourth-order valence-corrected chi connectivity index (χ4v) is 4.42. The van der Waals surface area contributed by atoms with Crippen LogP contribution in [0, 0.1) is 0 Å². The number of pyridine rings is 1. The van der Waals surface area contributed by atoms with Gasteiger partial charge in [0, 0.05) is 56.7 Å². The molecule has 2 aromatic carbocycles. The van der Waals surface area contributed by atoms with Gasteiger partial charge in [-0.3, -0.25) is 14.5 Å². The second-order valence-corrected chi connectivity index (χ2v) is 8.87. The Morgan fingerprint density at radius 2 is 1.67 bits per heavy atom. The molecule has 8 heteroatoms. The smallest absolute Gasteiger partial charge is 0.239 e. The summed E-state index contributed by atoms with van der Waals surface area (Å²) >= 11 is 0. The maximum absolute atomic E-state index is 12.7. The highest BCUT2D eigenvalue weighted by Crippen LogP contribution is 2.21. The van der Waals surface area contributed by atoms with Crippen LogP contribution in [0.4, 0.5) is 5.69 Å². The molecule has 1 amide bonds. The summed E-state index contributed by atoms with van der Waals surface area (Å²) in [5, 5.41) is 2.99. The van der Waals surface area contributed by atoms with E-state index in [0.29, 0.717) is 13.1 Å². The molecule has 0 bridgehead atoms. The van der Waals surface area contributed by atoms with Crippen LogP contribution in [-0.2, 0) is 24.3 Å². The molecule has 0 aliphatic carbocycles. The van der Waals surface area contributed by atoms with E-state index in [1.807, 2.05) is 47.0 Å². The van der Waals surface area contributed by atoms with Crippen LogP contribution in [0.2, 0.25) is 0 Å². The molecule has 0 unspecified atom stereocenters. The van der Waals surface area contributed by atoms with Gasteiger partial charge < -0.3 is 24.3 Å². The van der Waals surface area contributed by atoms with E-state index >= 15 is 0 Å². The van der Waals surface area contributed by atoms with Gasteiger partial charge in [0.2, 0.25) is 11.3 Å². The van der Waals surface area contributed by atoms with Crippen molar-refractivity contribution in [1.29, 1.82) is 0 Å². The van der Waals surface area contributed by atoms with Crippen molar-refractivity contribution >= 4 is 11.6 Å². The van der Waals surface area contributed by atoms with Gasteiger partial charge >= 0.3 is 0 Å². The number of anilines is 1. The number of carbonyl (C=O) groups is 1. The molecular formula is C28H34N4O4. The molecule has 0 saturated carbocycles. The average molecular weight is 491 g/mol. The van der Waals surface area contributed by atoms with E-state index in [4.69, 9.17) is 9.47 Å². The third kappa shape index (κ3) is 6.66. The number of methoxy groups -OCH3 is 2. The second kappa shape index (κ2) is 12.3. The first-order chi connectivity index (χ1) is 17.6. The summed E-state index contributed by atoms with van der Waals surface area (Å²) < 4.78 is 12.3. The van der Waals surface area contributed by atoms with E-state index in [1.54, 1.807) is 19.4 Å². The van der Waals surface area contributed by atoms with E-state index < -0.39 is 0 Å². The van der Waals surface area contributed by atoms with Crippen LogP contribution in [0.1, 0.15) is 11.3 Å². The molecule has 0 spiro atoms. The topological polar surface area (TPSA) is 76.0 Å². The number of hydrogen-bond donors (Lipinski definition) is 1. The number of nitrogens with one attached hydrogen (secondary N) is 1. The van der Waals surface area contributed by atoms with Crippen molar-refractivity contribution in [2.45, 2.75) is 19.5 Å². The lowest BCUT2D eigenvalue weighted by Crippen LogP contribution is -2.46. The summed E-state index contributed by atoms with van der Waals surface area (Å²) in [5.74, 6) is 0.987. The Kier molecular flexibility index (Phi) is 8.62. The number of rotatable bonds is 10. The van der Waals surface area contributed by atoms with Gasteiger partial charge in [0.15, 0.2) is 5.75 Å². The van der Waals surface area contributed by atoms with Crippen molar-refractivity contribution < 1.29 is 14.3 Å². The predicted molar refractivity (Wildman–Crippen MR) is 141 cm³/mol. The Morgan fingerprint density at radius 3 is 2.33 bits per heavy atom. The molecule has 1 aliphatic rings. The van der Waals surface area contributed by atoms with Crippen LogP contribution in [0.5, 0.6) is 11.5 Å². The molecule has 1 N–H and O–H groups in total. The molecule has 1 fully saturated rings. The first-order valence-corrected chi connectivity index (χ1v) is 12.2. The van der Waals surface area contributed by atoms with Gasteiger partial charge in [0.25, 0.3) is 0 Å². The van der Waals surface area contributed by atoms with Gasteiger partial charge in [-0.05, 0) is 36.2 Å². The largest absolute Gasteiger partial charge is 0.497 e. The first-order valence-electron chi connectivity index (χ1n) is 12.2. The fourth-order valence-electron chi connectivity index (χ4n) is 4.42. The molecule has 1 aromatic heterocycles. The Bertz CT molecular complexity index is 1190. The van der Waals surface area contributed by atoms with Gasteiger partial charge in [-0.2, -0.15) is 0 Å². The highest BCUT2D eigenvalue weighted by Gasteiger charge is 2.20. The van der Waals surface area contributed by atoms with Gasteiger partial charge in [-0.1, -0.05) is 30.3 Å². The number of ether oxygens (including phenoxy) is 2. The molecule has 3 aromatic rings. The number of hydrogen-bond acceptors (Lipinski definition) is 6. The summed E-state index contributed by atoms with van der Waals surface area (Å²) in [7, 11) is 3.14. The van der Waals surface area contributed by atoms with E-state index in [2.05, 4.69) is 27.2 Å². The van der Waals surface area contributed by atoms with Crippen molar-refractivity contribution in [3.05, 3.63) is 88.3 Å². The summed E-state index contributed by atoms with van der Waals surface area (Å²) in [5.41, 5.74) is 2.98. The minimum atomic E-state index is -0.176. The lowest BCUT2D eigenvalue weighted by molar-refractivity contribution is -0.121. The summed E-state index contributed by atoms with van der Waals surface area (Å²) in [6, 6.07) is 19.7. The third-order valence-corrected chi connectivity index (χ3v) is 6.49. The van der Waals surface area contributed by atoms with E-state index in [9.17, 15) is 9.59 Å². The predicted octanol–water partition coefficient (Wildman–Crippen LogP) is 2.55. The number of carbonyl (C=O) groups excluding carboxylic acids is 1. The third-order valence-electron chi connectivity index (χ3n) is 6.49.